The normalized spacial score (nSPS) is 17.1. The highest BCUT2D eigenvalue weighted by Crippen LogP contribution is 2.35. The number of carbonyl (C=O) groups is 1. The van der Waals surface area contributed by atoms with Crippen LogP contribution in [0.25, 0.3) is 0 Å². The fourth-order valence-corrected chi connectivity index (χ4v) is 4.49. The largest absolute Gasteiger partial charge is 0.505 e. The number of carbonyl (C=O) groups excluding carboxylic acids is 1. The van der Waals surface area contributed by atoms with Crippen LogP contribution in [0.4, 0.5) is 17.3 Å². The van der Waals surface area contributed by atoms with Crippen LogP contribution in [0.1, 0.15) is 73.7 Å². The highest BCUT2D eigenvalue weighted by Gasteiger charge is 2.26. The number of hydrogen-bond acceptors (Lipinski definition) is 9. The summed E-state index contributed by atoms with van der Waals surface area (Å²) in [6, 6.07) is 6.92. The maximum absolute atomic E-state index is 13.0. The molecular formula is C24H31N5O4S. The van der Waals surface area contributed by atoms with Crippen LogP contribution in [0.2, 0.25) is 0 Å². The average molecular weight is 486 g/mol. The first kappa shape index (κ1) is 24.0. The number of nitrogens with zero attached hydrogens (tertiary/aromatic N) is 3. The van der Waals surface area contributed by atoms with Crippen molar-refractivity contribution in [2.24, 2.45) is 0 Å². The van der Waals surface area contributed by atoms with E-state index >= 15 is 0 Å². The van der Waals surface area contributed by atoms with E-state index in [0.717, 1.165) is 35.9 Å². The Morgan fingerprint density at radius 1 is 1.32 bits per heavy atom. The van der Waals surface area contributed by atoms with Gasteiger partial charge in [-0.05, 0) is 48.9 Å². The molecule has 0 radical (unpaired) electrons. The number of rotatable bonds is 8. The number of nitrogens with one attached hydrogen (secondary N) is 2. The summed E-state index contributed by atoms with van der Waals surface area (Å²) in [7, 11) is 0. The molecule has 1 aliphatic rings. The lowest BCUT2D eigenvalue weighted by Crippen LogP contribution is -2.42. The zero-order valence-corrected chi connectivity index (χ0v) is 20.4. The SMILES string of the molecule is CC[C@@H](Nc1nsnc1Nc1cccc(C(=O)N2CCCC(O)C2)c1O)c1cc(C(C)C)co1. The van der Waals surface area contributed by atoms with E-state index in [1.54, 1.807) is 29.4 Å². The van der Waals surface area contributed by atoms with Gasteiger partial charge in [0, 0.05) is 13.1 Å². The van der Waals surface area contributed by atoms with Crippen molar-refractivity contribution in [1.29, 1.82) is 0 Å². The Kier molecular flexibility index (Phi) is 7.38. The highest BCUT2D eigenvalue weighted by atomic mass is 32.1. The minimum atomic E-state index is -0.534. The lowest BCUT2D eigenvalue weighted by atomic mass is 10.1. The second-order valence-electron chi connectivity index (χ2n) is 8.88. The molecule has 1 aromatic carbocycles. The van der Waals surface area contributed by atoms with Crippen LogP contribution in [0.5, 0.6) is 5.75 Å². The van der Waals surface area contributed by atoms with E-state index in [-0.39, 0.29) is 29.8 Å². The summed E-state index contributed by atoms with van der Waals surface area (Å²) in [5.74, 6) is 1.72. The number of aliphatic hydroxyl groups is 1. The number of furan rings is 1. The average Bonchev–Trinajstić information content (AvgIpc) is 3.48. The molecule has 1 aliphatic heterocycles. The zero-order valence-electron chi connectivity index (χ0n) is 19.6. The minimum Gasteiger partial charge on any atom is -0.505 e. The van der Waals surface area contributed by atoms with Crippen molar-refractivity contribution >= 4 is 35.0 Å². The molecule has 3 aromatic rings. The zero-order chi connectivity index (χ0) is 24.2. The lowest BCUT2D eigenvalue weighted by molar-refractivity contribution is 0.0471. The second kappa shape index (κ2) is 10.4. The number of anilines is 3. The van der Waals surface area contributed by atoms with Crippen LogP contribution < -0.4 is 10.6 Å². The first-order valence-corrected chi connectivity index (χ1v) is 12.3. The van der Waals surface area contributed by atoms with Gasteiger partial charge in [-0.2, -0.15) is 8.75 Å². The van der Waals surface area contributed by atoms with E-state index in [1.807, 2.05) is 0 Å². The van der Waals surface area contributed by atoms with Gasteiger partial charge in [0.15, 0.2) is 17.4 Å². The molecule has 1 amide bonds. The van der Waals surface area contributed by atoms with Crippen molar-refractivity contribution in [3.63, 3.8) is 0 Å². The number of aromatic nitrogens is 2. The monoisotopic (exact) mass is 485 g/mol. The topological polar surface area (TPSA) is 124 Å². The van der Waals surface area contributed by atoms with Crippen LogP contribution in [-0.2, 0) is 0 Å². The van der Waals surface area contributed by atoms with E-state index < -0.39 is 6.10 Å². The number of aliphatic hydroxyl groups excluding tert-OH is 1. The number of likely N-dealkylation sites (tertiary alicyclic amines) is 1. The van der Waals surface area contributed by atoms with Gasteiger partial charge < -0.3 is 30.2 Å². The Morgan fingerprint density at radius 2 is 2.12 bits per heavy atom. The summed E-state index contributed by atoms with van der Waals surface area (Å²) in [5, 5.41) is 27.2. The third kappa shape index (κ3) is 5.18. The molecule has 4 N–H and O–H groups in total. The van der Waals surface area contributed by atoms with Gasteiger partial charge in [0.25, 0.3) is 5.91 Å². The Balaban J connectivity index is 1.51. The number of piperidine rings is 1. The number of hydrogen-bond donors (Lipinski definition) is 4. The third-order valence-electron chi connectivity index (χ3n) is 6.06. The van der Waals surface area contributed by atoms with E-state index in [0.29, 0.717) is 36.2 Å². The highest BCUT2D eigenvalue weighted by molar-refractivity contribution is 6.99. The summed E-state index contributed by atoms with van der Waals surface area (Å²) >= 11 is 1.04. The number of amides is 1. The van der Waals surface area contributed by atoms with E-state index in [9.17, 15) is 15.0 Å². The molecule has 10 heteroatoms. The van der Waals surface area contributed by atoms with Crippen LogP contribution in [0.15, 0.2) is 34.9 Å². The predicted molar refractivity (Wildman–Crippen MR) is 132 cm³/mol. The molecule has 1 unspecified atom stereocenters. The lowest BCUT2D eigenvalue weighted by Gasteiger charge is -2.30. The quantitative estimate of drug-likeness (QED) is 0.333. The Bertz CT molecular complexity index is 1130. The number of aromatic hydroxyl groups is 1. The number of phenols is 1. The predicted octanol–water partition coefficient (Wildman–Crippen LogP) is 4.86. The molecule has 34 heavy (non-hydrogen) atoms. The Labute approximate surface area is 203 Å². The standard InChI is InChI=1S/C24H31N5O4S/c1-4-18(20-11-15(13-33-20)14(2)3)25-22-23(28-34-27-22)26-19-9-5-8-17(21(19)31)24(32)29-10-6-7-16(30)12-29/h5,8-9,11,13-14,16,18,30-31H,4,6-7,10,12H2,1-3H3,(H,25,27)(H,26,28)/t16?,18-/m1/s1. The summed E-state index contributed by atoms with van der Waals surface area (Å²) in [4.78, 5) is 14.5. The van der Waals surface area contributed by atoms with Crippen molar-refractivity contribution in [1.82, 2.24) is 13.6 Å². The van der Waals surface area contributed by atoms with Crippen LogP contribution in [0.3, 0.4) is 0 Å². The maximum atomic E-state index is 13.0. The fourth-order valence-electron chi connectivity index (χ4n) is 4.01. The van der Waals surface area contributed by atoms with Gasteiger partial charge in [0.2, 0.25) is 0 Å². The molecule has 0 bridgehead atoms. The molecule has 1 saturated heterocycles. The smallest absolute Gasteiger partial charge is 0.257 e. The van der Waals surface area contributed by atoms with Crippen molar-refractivity contribution < 1.29 is 19.4 Å². The second-order valence-corrected chi connectivity index (χ2v) is 9.41. The molecule has 1 fully saturated rings. The van der Waals surface area contributed by atoms with Gasteiger partial charge in [0.1, 0.15) is 5.76 Å². The molecular weight excluding hydrogens is 454 g/mol. The molecule has 0 spiro atoms. The number of para-hydroxylation sites is 1. The van der Waals surface area contributed by atoms with Gasteiger partial charge in [-0.1, -0.05) is 26.8 Å². The van der Waals surface area contributed by atoms with Crippen molar-refractivity contribution in [2.75, 3.05) is 23.7 Å². The van der Waals surface area contributed by atoms with E-state index in [2.05, 4.69) is 46.2 Å². The summed E-state index contributed by atoms with van der Waals surface area (Å²) in [5.41, 5.74) is 1.67. The number of phenolic OH excluding ortho intramolecular Hbond substituents is 1. The van der Waals surface area contributed by atoms with Crippen LogP contribution in [0, 0.1) is 0 Å². The summed E-state index contributed by atoms with van der Waals surface area (Å²) in [6.07, 6.45) is 3.44. The van der Waals surface area contributed by atoms with Crippen molar-refractivity contribution in [2.45, 2.75) is 58.1 Å². The van der Waals surface area contributed by atoms with Gasteiger partial charge in [-0.3, -0.25) is 4.79 Å². The van der Waals surface area contributed by atoms with Crippen molar-refractivity contribution in [3.8, 4) is 5.75 Å². The summed E-state index contributed by atoms with van der Waals surface area (Å²) in [6.45, 7) is 7.12. The molecule has 2 aromatic heterocycles. The van der Waals surface area contributed by atoms with E-state index in [4.69, 9.17) is 4.42 Å². The minimum absolute atomic E-state index is 0.0935. The third-order valence-corrected chi connectivity index (χ3v) is 6.59. The molecule has 2 atom stereocenters. The summed E-state index contributed by atoms with van der Waals surface area (Å²) < 4.78 is 14.5. The Hall–Kier alpha value is -3.11. The van der Waals surface area contributed by atoms with Gasteiger partial charge in [-0.25, -0.2) is 0 Å². The van der Waals surface area contributed by atoms with Gasteiger partial charge in [0.05, 0.1) is 41.4 Å². The van der Waals surface area contributed by atoms with Crippen molar-refractivity contribution in [3.05, 3.63) is 47.4 Å². The first-order valence-electron chi connectivity index (χ1n) is 11.6. The molecule has 182 valence electrons. The Morgan fingerprint density at radius 3 is 2.82 bits per heavy atom. The number of benzene rings is 1. The molecule has 0 saturated carbocycles. The van der Waals surface area contributed by atoms with Crippen LogP contribution >= 0.6 is 11.7 Å². The molecule has 4 rings (SSSR count). The fraction of sp³-hybridized carbons (Fsp3) is 0.458. The van der Waals surface area contributed by atoms with E-state index in [1.165, 1.54) is 0 Å². The molecule has 0 aliphatic carbocycles. The van der Waals surface area contributed by atoms with Crippen LogP contribution in [-0.4, -0.2) is 49.0 Å². The van der Waals surface area contributed by atoms with Gasteiger partial charge in [-0.15, -0.1) is 0 Å². The number of β-amino-alcohol motifs (C(OH)–C–C–N with tert-alkyl or cyclic N) is 1. The molecule has 3 heterocycles. The van der Waals surface area contributed by atoms with Gasteiger partial charge >= 0.3 is 0 Å². The molecule has 9 nitrogen and oxygen atoms in total. The maximum Gasteiger partial charge on any atom is 0.257 e. The first-order chi connectivity index (χ1) is 16.4.